The maximum Gasteiger partial charge on any atom is 0.326 e. The molecule has 0 aliphatic carbocycles. The lowest BCUT2D eigenvalue weighted by atomic mass is 10.1. The SMILES string of the molecule is CCCC(NC(=O)C(C)COC)C(=O)O. The topological polar surface area (TPSA) is 75.6 Å². The molecule has 2 atom stereocenters. The van der Waals surface area contributed by atoms with Gasteiger partial charge in [0.1, 0.15) is 6.04 Å². The van der Waals surface area contributed by atoms with Crippen LogP contribution in [0, 0.1) is 5.92 Å². The molecule has 2 N–H and O–H groups in total. The smallest absolute Gasteiger partial charge is 0.326 e. The van der Waals surface area contributed by atoms with E-state index in [1.165, 1.54) is 7.11 Å². The van der Waals surface area contributed by atoms with Gasteiger partial charge in [0.25, 0.3) is 0 Å². The fourth-order valence-corrected chi connectivity index (χ4v) is 1.19. The highest BCUT2D eigenvalue weighted by atomic mass is 16.5. The van der Waals surface area contributed by atoms with Crippen LogP contribution in [0.15, 0.2) is 0 Å². The summed E-state index contributed by atoms with van der Waals surface area (Å²) in [5.41, 5.74) is 0. The molecule has 5 heteroatoms. The molecular formula is C10H19NO4. The van der Waals surface area contributed by atoms with E-state index in [0.29, 0.717) is 13.0 Å². The Morgan fingerprint density at radius 3 is 2.47 bits per heavy atom. The number of hydrogen-bond donors (Lipinski definition) is 2. The highest BCUT2D eigenvalue weighted by Crippen LogP contribution is 2.01. The van der Waals surface area contributed by atoms with Crippen LogP contribution >= 0.6 is 0 Å². The minimum absolute atomic E-state index is 0.280. The predicted molar refractivity (Wildman–Crippen MR) is 55.5 cm³/mol. The summed E-state index contributed by atoms with van der Waals surface area (Å²) in [5, 5.41) is 11.3. The standard InChI is InChI=1S/C10H19NO4/c1-4-5-8(10(13)14)11-9(12)7(2)6-15-3/h7-8H,4-6H2,1-3H3,(H,11,12)(H,13,14). The van der Waals surface area contributed by atoms with Crippen LogP contribution in [0.3, 0.4) is 0 Å². The number of carboxylic acid groups (broad SMARTS) is 1. The summed E-state index contributed by atoms with van der Waals surface area (Å²) in [4.78, 5) is 22.2. The number of ether oxygens (including phenoxy) is 1. The van der Waals surface area contributed by atoms with Crippen molar-refractivity contribution < 1.29 is 19.4 Å². The van der Waals surface area contributed by atoms with Crippen LogP contribution in [0.1, 0.15) is 26.7 Å². The first-order valence-corrected chi connectivity index (χ1v) is 5.05. The van der Waals surface area contributed by atoms with Crippen LogP contribution in [0.4, 0.5) is 0 Å². The minimum atomic E-state index is -0.991. The monoisotopic (exact) mass is 217 g/mol. The third-order valence-electron chi connectivity index (χ3n) is 2.06. The maximum absolute atomic E-state index is 11.5. The summed E-state index contributed by atoms with van der Waals surface area (Å²) in [5.74, 6) is -1.60. The molecule has 88 valence electrons. The van der Waals surface area contributed by atoms with E-state index in [2.05, 4.69) is 5.32 Å². The lowest BCUT2D eigenvalue weighted by Crippen LogP contribution is -2.43. The molecule has 0 saturated heterocycles. The molecular weight excluding hydrogens is 198 g/mol. The van der Waals surface area contributed by atoms with Gasteiger partial charge in [-0.15, -0.1) is 0 Å². The molecule has 0 saturated carbocycles. The van der Waals surface area contributed by atoms with E-state index in [0.717, 1.165) is 6.42 Å². The van der Waals surface area contributed by atoms with Gasteiger partial charge in [0, 0.05) is 7.11 Å². The second-order valence-corrected chi connectivity index (χ2v) is 3.54. The Kier molecular flexibility index (Phi) is 6.70. The molecule has 0 aliphatic heterocycles. The number of aliphatic carboxylic acids is 1. The molecule has 0 bridgehead atoms. The van der Waals surface area contributed by atoms with Gasteiger partial charge in [-0.05, 0) is 6.42 Å². The molecule has 1 amide bonds. The number of carbonyl (C=O) groups excluding carboxylic acids is 1. The van der Waals surface area contributed by atoms with Gasteiger partial charge >= 0.3 is 5.97 Å². The molecule has 0 aromatic rings. The zero-order valence-corrected chi connectivity index (χ0v) is 9.45. The molecule has 0 aromatic carbocycles. The second kappa shape index (κ2) is 7.23. The van der Waals surface area contributed by atoms with Gasteiger partial charge in [0.15, 0.2) is 0 Å². The van der Waals surface area contributed by atoms with E-state index in [-0.39, 0.29) is 11.8 Å². The third kappa shape index (κ3) is 5.37. The number of amides is 1. The summed E-state index contributed by atoms with van der Waals surface area (Å²) in [6, 6.07) is -0.790. The van der Waals surface area contributed by atoms with Crippen molar-refractivity contribution in [2.24, 2.45) is 5.92 Å². The van der Waals surface area contributed by atoms with Gasteiger partial charge in [-0.25, -0.2) is 4.79 Å². The number of nitrogens with one attached hydrogen (secondary N) is 1. The summed E-state index contributed by atoms with van der Waals surface area (Å²) >= 11 is 0. The molecule has 0 aromatic heterocycles. The summed E-state index contributed by atoms with van der Waals surface area (Å²) < 4.78 is 4.82. The van der Waals surface area contributed by atoms with E-state index in [4.69, 9.17) is 9.84 Å². The predicted octanol–water partition coefficient (Wildman–Crippen LogP) is 0.638. The Hall–Kier alpha value is -1.10. The summed E-state index contributed by atoms with van der Waals surface area (Å²) in [6.45, 7) is 3.87. The number of rotatable bonds is 7. The van der Waals surface area contributed by atoms with Crippen LogP contribution in [0.5, 0.6) is 0 Å². The summed E-state index contributed by atoms with van der Waals surface area (Å²) in [6.07, 6.45) is 1.16. The summed E-state index contributed by atoms with van der Waals surface area (Å²) in [7, 11) is 1.50. The first-order chi connectivity index (χ1) is 7.02. The fraction of sp³-hybridized carbons (Fsp3) is 0.800. The van der Waals surface area contributed by atoms with E-state index in [1.807, 2.05) is 6.92 Å². The van der Waals surface area contributed by atoms with Crippen LogP contribution in [0.25, 0.3) is 0 Å². The Morgan fingerprint density at radius 2 is 2.07 bits per heavy atom. The Morgan fingerprint density at radius 1 is 1.47 bits per heavy atom. The number of carbonyl (C=O) groups is 2. The lowest BCUT2D eigenvalue weighted by Gasteiger charge is -2.16. The first kappa shape index (κ1) is 13.9. The number of methoxy groups -OCH3 is 1. The molecule has 5 nitrogen and oxygen atoms in total. The Balaban J connectivity index is 4.15. The zero-order chi connectivity index (χ0) is 11.8. The minimum Gasteiger partial charge on any atom is -0.480 e. The van der Waals surface area contributed by atoms with Crippen molar-refractivity contribution in [1.29, 1.82) is 0 Å². The van der Waals surface area contributed by atoms with Gasteiger partial charge < -0.3 is 15.2 Å². The Bertz CT molecular complexity index is 217. The average Bonchev–Trinajstić information content (AvgIpc) is 2.17. The van der Waals surface area contributed by atoms with E-state index < -0.39 is 12.0 Å². The van der Waals surface area contributed by atoms with Gasteiger partial charge in [-0.2, -0.15) is 0 Å². The molecule has 0 fully saturated rings. The molecule has 0 aliphatic rings. The number of hydrogen-bond acceptors (Lipinski definition) is 3. The van der Waals surface area contributed by atoms with Crippen LogP contribution in [-0.4, -0.2) is 36.7 Å². The van der Waals surface area contributed by atoms with Crippen molar-refractivity contribution in [1.82, 2.24) is 5.32 Å². The maximum atomic E-state index is 11.5. The van der Waals surface area contributed by atoms with E-state index >= 15 is 0 Å². The quantitative estimate of drug-likeness (QED) is 0.656. The van der Waals surface area contributed by atoms with Crippen LogP contribution in [-0.2, 0) is 14.3 Å². The normalized spacial score (nSPS) is 14.3. The first-order valence-electron chi connectivity index (χ1n) is 5.05. The molecule has 2 unspecified atom stereocenters. The van der Waals surface area contributed by atoms with Crippen molar-refractivity contribution in [3.8, 4) is 0 Å². The second-order valence-electron chi connectivity index (χ2n) is 3.54. The molecule has 0 heterocycles. The molecule has 0 radical (unpaired) electrons. The van der Waals surface area contributed by atoms with Crippen molar-refractivity contribution >= 4 is 11.9 Å². The molecule has 15 heavy (non-hydrogen) atoms. The lowest BCUT2D eigenvalue weighted by molar-refractivity contribution is -0.142. The van der Waals surface area contributed by atoms with E-state index in [9.17, 15) is 9.59 Å². The van der Waals surface area contributed by atoms with Crippen molar-refractivity contribution in [3.05, 3.63) is 0 Å². The zero-order valence-electron chi connectivity index (χ0n) is 9.45. The molecule has 0 spiro atoms. The average molecular weight is 217 g/mol. The van der Waals surface area contributed by atoms with Crippen molar-refractivity contribution in [3.63, 3.8) is 0 Å². The number of carboxylic acids is 1. The highest BCUT2D eigenvalue weighted by Gasteiger charge is 2.21. The van der Waals surface area contributed by atoms with Crippen molar-refractivity contribution in [2.45, 2.75) is 32.7 Å². The van der Waals surface area contributed by atoms with Gasteiger partial charge in [0.2, 0.25) is 5.91 Å². The fourth-order valence-electron chi connectivity index (χ4n) is 1.19. The third-order valence-corrected chi connectivity index (χ3v) is 2.06. The van der Waals surface area contributed by atoms with Gasteiger partial charge in [0.05, 0.1) is 12.5 Å². The van der Waals surface area contributed by atoms with Crippen LogP contribution in [0.2, 0.25) is 0 Å². The van der Waals surface area contributed by atoms with Crippen LogP contribution < -0.4 is 5.32 Å². The van der Waals surface area contributed by atoms with E-state index in [1.54, 1.807) is 6.92 Å². The van der Waals surface area contributed by atoms with Gasteiger partial charge in [-0.3, -0.25) is 4.79 Å². The van der Waals surface area contributed by atoms with Gasteiger partial charge in [-0.1, -0.05) is 20.3 Å². The molecule has 0 rings (SSSR count). The van der Waals surface area contributed by atoms with Crippen molar-refractivity contribution in [2.75, 3.05) is 13.7 Å². The largest absolute Gasteiger partial charge is 0.480 e. The Labute approximate surface area is 89.8 Å². The highest BCUT2D eigenvalue weighted by molar-refractivity contribution is 5.84.